The van der Waals surface area contributed by atoms with Crippen LogP contribution in [0.3, 0.4) is 0 Å². The summed E-state index contributed by atoms with van der Waals surface area (Å²) in [6, 6.07) is 0. The van der Waals surface area contributed by atoms with Gasteiger partial charge in [-0.2, -0.15) is 0 Å². The third-order valence-electron chi connectivity index (χ3n) is 4.95. The molecule has 0 aliphatic carbocycles. The van der Waals surface area contributed by atoms with E-state index in [-0.39, 0.29) is 17.9 Å². The van der Waals surface area contributed by atoms with Crippen molar-refractivity contribution in [3.63, 3.8) is 0 Å². The van der Waals surface area contributed by atoms with E-state index in [2.05, 4.69) is 0 Å². The van der Waals surface area contributed by atoms with Crippen molar-refractivity contribution in [3.8, 4) is 0 Å². The topological polar surface area (TPSA) is 92.9 Å². The number of likely N-dealkylation sites (tertiary alicyclic amines) is 1. The van der Waals surface area contributed by atoms with E-state index in [0.717, 1.165) is 19.3 Å². The summed E-state index contributed by atoms with van der Waals surface area (Å²) >= 11 is 0. The number of hydrogen-bond donors (Lipinski definition) is 2. The first-order valence-corrected chi connectivity index (χ1v) is 7.74. The normalized spacial score (nSPS) is 30.4. The first-order chi connectivity index (χ1) is 9.86. The van der Waals surface area contributed by atoms with Crippen molar-refractivity contribution in [2.24, 2.45) is 17.1 Å². The molecular weight excluding hydrogens is 272 g/mol. The summed E-state index contributed by atoms with van der Waals surface area (Å²) in [5, 5.41) is 9.35. The molecule has 6 heteroatoms. The van der Waals surface area contributed by atoms with Gasteiger partial charge in [0.05, 0.1) is 11.5 Å². The molecule has 0 radical (unpaired) electrons. The molecule has 0 aromatic heterocycles. The van der Waals surface area contributed by atoms with Crippen molar-refractivity contribution in [2.45, 2.75) is 51.7 Å². The van der Waals surface area contributed by atoms with Crippen molar-refractivity contribution in [1.82, 2.24) is 4.90 Å². The van der Waals surface area contributed by atoms with Gasteiger partial charge in [-0.15, -0.1) is 0 Å². The monoisotopic (exact) mass is 298 g/mol. The van der Waals surface area contributed by atoms with Gasteiger partial charge in [0.25, 0.3) is 5.91 Å². The van der Waals surface area contributed by atoms with E-state index in [4.69, 9.17) is 10.5 Å². The Labute approximate surface area is 125 Å². The molecule has 2 aliphatic heterocycles. The van der Waals surface area contributed by atoms with Gasteiger partial charge in [0.2, 0.25) is 0 Å². The van der Waals surface area contributed by atoms with Crippen LogP contribution in [0.5, 0.6) is 0 Å². The number of piperidine rings is 1. The number of carboxylic acids is 1. The van der Waals surface area contributed by atoms with Crippen LogP contribution in [0.1, 0.15) is 39.5 Å². The van der Waals surface area contributed by atoms with Crippen LogP contribution in [0.15, 0.2) is 0 Å². The van der Waals surface area contributed by atoms with Crippen molar-refractivity contribution in [3.05, 3.63) is 0 Å². The molecule has 120 valence electrons. The number of carbonyl (C=O) groups is 2. The maximum atomic E-state index is 12.5. The van der Waals surface area contributed by atoms with Crippen LogP contribution in [-0.2, 0) is 14.3 Å². The number of rotatable bonds is 4. The molecule has 0 bridgehead atoms. The predicted molar refractivity (Wildman–Crippen MR) is 77.7 cm³/mol. The average molecular weight is 298 g/mol. The van der Waals surface area contributed by atoms with Crippen LogP contribution in [0.4, 0.5) is 0 Å². The molecule has 0 aromatic carbocycles. The number of amides is 1. The minimum absolute atomic E-state index is 0.00293. The fourth-order valence-electron chi connectivity index (χ4n) is 3.21. The van der Waals surface area contributed by atoms with Gasteiger partial charge in [0.15, 0.2) is 0 Å². The van der Waals surface area contributed by atoms with Crippen LogP contribution in [0, 0.1) is 11.3 Å². The summed E-state index contributed by atoms with van der Waals surface area (Å²) in [7, 11) is 0. The molecule has 0 spiro atoms. The molecule has 2 rings (SSSR count). The van der Waals surface area contributed by atoms with Crippen molar-refractivity contribution >= 4 is 11.9 Å². The van der Waals surface area contributed by atoms with Gasteiger partial charge in [-0.1, -0.05) is 0 Å². The summed E-state index contributed by atoms with van der Waals surface area (Å²) in [6.45, 7) is 5.12. The minimum atomic E-state index is -0.810. The number of hydrogen-bond acceptors (Lipinski definition) is 4. The van der Waals surface area contributed by atoms with E-state index in [9.17, 15) is 14.7 Å². The predicted octanol–water partition coefficient (Wildman–Crippen LogP) is 0.842. The van der Waals surface area contributed by atoms with Gasteiger partial charge in [0.1, 0.15) is 6.10 Å². The zero-order valence-electron chi connectivity index (χ0n) is 12.9. The molecule has 21 heavy (non-hydrogen) atoms. The summed E-state index contributed by atoms with van der Waals surface area (Å²) in [5.74, 6) is -0.821. The van der Waals surface area contributed by atoms with Gasteiger partial charge in [-0.05, 0) is 45.4 Å². The van der Waals surface area contributed by atoms with E-state index in [1.165, 1.54) is 0 Å². The van der Waals surface area contributed by atoms with Crippen LogP contribution >= 0.6 is 0 Å². The molecular formula is C15H26N2O4. The fourth-order valence-corrected chi connectivity index (χ4v) is 3.21. The number of carboxylic acid groups (broad SMARTS) is 1. The lowest BCUT2D eigenvalue weighted by Crippen LogP contribution is -2.49. The van der Waals surface area contributed by atoms with Crippen LogP contribution < -0.4 is 5.73 Å². The maximum absolute atomic E-state index is 12.5. The number of aliphatic carboxylic acids is 1. The molecule has 2 fully saturated rings. The number of nitrogens with two attached hydrogens (primary N) is 1. The highest BCUT2D eigenvalue weighted by molar-refractivity contribution is 5.81. The molecule has 0 saturated carbocycles. The maximum Gasteiger partial charge on any atom is 0.309 e. The molecule has 3 atom stereocenters. The van der Waals surface area contributed by atoms with E-state index in [0.29, 0.717) is 26.1 Å². The van der Waals surface area contributed by atoms with Gasteiger partial charge in [0, 0.05) is 19.6 Å². The summed E-state index contributed by atoms with van der Waals surface area (Å²) < 4.78 is 5.66. The third-order valence-corrected chi connectivity index (χ3v) is 4.95. The van der Waals surface area contributed by atoms with Gasteiger partial charge >= 0.3 is 5.97 Å². The molecule has 2 aliphatic rings. The Morgan fingerprint density at radius 3 is 2.62 bits per heavy atom. The summed E-state index contributed by atoms with van der Waals surface area (Å²) in [6.07, 6.45) is 2.81. The first kappa shape index (κ1) is 16.2. The van der Waals surface area contributed by atoms with E-state index < -0.39 is 17.5 Å². The van der Waals surface area contributed by atoms with E-state index >= 15 is 0 Å². The number of ether oxygens (including phenoxy) is 1. The molecule has 6 nitrogen and oxygen atoms in total. The number of nitrogens with zero attached hydrogens (tertiary/aromatic N) is 1. The Kier molecular flexibility index (Phi) is 4.88. The Hall–Kier alpha value is -1.14. The van der Waals surface area contributed by atoms with Crippen LogP contribution in [-0.4, -0.2) is 53.7 Å². The lowest BCUT2D eigenvalue weighted by Gasteiger charge is -2.40. The standard InChI is InChI=1S/C15H26N2O4/c1-15(2,14(19)20)10-4-3-7-17(9-10)13(18)12-6-5-11(8-16)21-12/h10-12H,3-9,16H2,1-2H3,(H,19,20). The minimum Gasteiger partial charge on any atom is -0.481 e. The van der Waals surface area contributed by atoms with E-state index in [1.54, 1.807) is 18.7 Å². The third kappa shape index (κ3) is 3.37. The second-order valence-electron chi connectivity index (χ2n) is 6.71. The number of carbonyl (C=O) groups excluding carboxylic acids is 1. The molecule has 2 saturated heterocycles. The van der Waals surface area contributed by atoms with Crippen molar-refractivity contribution in [2.75, 3.05) is 19.6 Å². The van der Waals surface area contributed by atoms with E-state index in [1.807, 2.05) is 0 Å². The molecule has 3 N–H and O–H groups in total. The smallest absolute Gasteiger partial charge is 0.309 e. The van der Waals surface area contributed by atoms with Crippen molar-refractivity contribution < 1.29 is 19.4 Å². The Balaban J connectivity index is 1.98. The summed E-state index contributed by atoms with van der Waals surface area (Å²) in [5.41, 5.74) is 4.76. The highest BCUT2D eigenvalue weighted by Gasteiger charge is 2.41. The zero-order valence-corrected chi connectivity index (χ0v) is 12.9. The lowest BCUT2D eigenvalue weighted by molar-refractivity contribution is -0.155. The van der Waals surface area contributed by atoms with Gasteiger partial charge in [-0.25, -0.2) is 0 Å². The Bertz CT molecular complexity index is 410. The second-order valence-corrected chi connectivity index (χ2v) is 6.71. The fraction of sp³-hybridized carbons (Fsp3) is 0.867. The zero-order chi connectivity index (χ0) is 15.6. The van der Waals surface area contributed by atoms with Crippen LogP contribution in [0.25, 0.3) is 0 Å². The molecule has 3 unspecified atom stereocenters. The highest BCUT2D eigenvalue weighted by Crippen LogP contribution is 2.35. The molecule has 2 heterocycles. The average Bonchev–Trinajstić information content (AvgIpc) is 2.95. The molecule has 1 amide bonds. The van der Waals surface area contributed by atoms with Crippen molar-refractivity contribution in [1.29, 1.82) is 0 Å². The highest BCUT2D eigenvalue weighted by atomic mass is 16.5. The largest absolute Gasteiger partial charge is 0.481 e. The summed E-state index contributed by atoms with van der Waals surface area (Å²) in [4.78, 5) is 25.7. The lowest BCUT2D eigenvalue weighted by atomic mass is 9.74. The van der Waals surface area contributed by atoms with Gasteiger partial charge < -0.3 is 20.5 Å². The van der Waals surface area contributed by atoms with Gasteiger partial charge in [-0.3, -0.25) is 9.59 Å². The SMILES string of the molecule is CC(C)(C(=O)O)C1CCCN(C(=O)C2CCC(CN)O2)C1. The quantitative estimate of drug-likeness (QED) is 0.802. The van der Waals surface area contributed by atoms with Crippen LogP contribution in [0.2, 0.25) is 0 Å². The first-order valence-electron chi connectivity index (χ1n) is 7.74. The Morgan fingerprint density at radius 2 is 2.05 bits per heavy atom. The molecule has 0 aromatic rings. The second kappa shape index (κ2) is 6.32. The Morgan fingerprint density at radius 1 is 1.33 bits per heavy atom.